The van der Waals surface area contributed by atoms with Crippen molar-refractivity contribution < 1.29 is 8.78 Å². The van der Waals surface area contributed by atoms with Gasteiger partial charge < -0.3 is 4.90 Å². The summed E-state index contributed by atoms with van der Waals surface area (Å²) in [6, 6.07) is 6.48. The fourth-order valence-corrected chi connectivity index (χ4v) is 4.65. The molecule has 1 fully saturated rings. The van der Waals surface area contributed by atoms with Crippen molar-refractivity contribution in [3.63, 3.8) is 0 Å². The molecule has 1 aromatic carbocycles. The number of piperazine rings is 1. The number of benzene rings is 1. The average Bonchev–Trinajstić information content (AvgIpc) is 3.21. The van der Waals surface area contributed by atoms with Crippen molar-refractivity contribution in [2.75, 3.05) is 44.4 Å². The van der Waals surface area contributed by atoms with Crippen LogP contribution in [-0.2, 0) is 9.73 Å². The molecular weight excluding hydrogens is 392 g/mol. The SMILES string of the molecule is CN=[S@@](C)(=O)c1cnc(N2CC[N+](=C(C)c3ccc4scnc4c3)CC2)nc1. The molecule has 0 amide bonds. The molecule has 146 valence electrons. The van der Waals surface area contributed by atoms with Gasteiger partial charge >= 0.3 is 0 Å². The molecule has 28 heavy (non-hydrogen) atoms. The summed E-state index contributed by atoms with van der Waals surface area (Å²) in [4.78, 5) is 16.0. The van der Waals surface area contributed by atoms with Gasteiger partial charge in [0.2, 0.25) is 5.95 Å². The van der Waals surface area contributed by atoms with Crippen LogP contribution >= 0.6 is 11.3 Å². The molecule has 0 bridgehead atoms. The number of aromatic nitrogens is 3. The van der Waals surface area contributed by atoms with Crippen molar-refractivity contribution in [2.45, 2.75) is 11.8 Å². The third-order valence-electron chi connectivity index (χ3n) is 5.19. The molecule has 0 N–H and O–H groups in total. The predicted molar refractivity (Wildman–Crippen MR) is 114 cm³/mol. The highest BCUT2D eigenvalue weighted by Crippen LogP contribution is 2.20. The first-order valence-electron chi connectivity index (χ1n) is 9.07. The lowest BCUT2D eigenvalue weighted by molar-refractivity contribution is -0.529. The van der Waals surface area contributed by atoms with Crippen LogP contribution in [0.15, 0.2) is 45.4 Å². The lowest BCUT2D eigenvalue weighted by Crippen LogP contribution is -2.44. The Labute approximate surface area is 169 Å². The van der Waals surface area contributed by atoms with Crippen molar-refractivity contribution >= 4 is 42.9 Å². The van der Waals surface area contributed by atoms with Gasteiger partial charge in [0.15, 0.2) is 18.8 Å². The maximum atomic E-state index is 12.3. The molecule has 1 atom stereocenters. The number of thiazole rings is 1. The first kappa shape index (κ1) is 18.9. The number of fused-ring (bicyclic) bond motifs is 1. The smallest absolute Gasteiger partial charge is 0.225 e. The molecule has 9 heteroatoms. The Bertz CT molecular complexity index is 1150. The zero-order valence-corrected chi connectivity index (χ0v) is 17.8. The van der Waals surface area contributed by atoms with E-state index in [1.807, 2.05) is 5.51 Å². The molecule has 4 rings (SSSR count). The molecular formula is C19H23N6OS2+. The van der Waals surface area contributed by atoms with Crippen LogP contribution in [0.4, 0.5) is 5.95 Å². The van der Waals surface area contributed by atoms with E-state index in [0.717, 1.165) is 31.7 Å². The van der Waals surface area contributed by atoms with Crippen molar-refractivity contribution in [1.29, 1.82) is 0 Å². The standard InChI is InChI=1S/C19H23N6OS2/c1-14(15-4-5-18-17(10-15)23-13-27-18)24-6-8-25(9-7-24)19-21-11-16(12-22-19)28(3,26)20-2/h4-5,10-13H,6-9H2,1-3H3/q+1/t28-/m0/s1. The lowest BCUT2D eigenvalue weighted by atomic mass is 10.1. The second-order valence-corrected chi connectivity index (χ2v) is 10.1. The first-order chi connectivity index (χ1) is 13.5. The normalized spacial score (nSPS) is 16.8. The van der Waals surface area contributed by atoms with E-state index >= 15 is 0 Å². The Morgan fingerprint density at radius 3 is 2.61 bits per heavy atom. The Hall–Kier alpha value is -2.39. The highest BCUT2D eigenvalue weighted by atomic mass is 32.2. The zero-order valence-electron chi connectivity index (χ0n) is 16.2. The fraction of sp³-hybridized carbons (Fsp3) is 0.368. The molecule has 0 saturated carbocycles. The number of hydrogen-bond donors (Lipinski definition) is 0. The molecule has 0 radical (unpaired) electrons. The highest BCUT2D eigenvalue weighted by Gasteiger charge is 2.23. The fourth-order valence-electron chi connectivity index (χ4n) is 3.28. The molecule has 0 unspecified atom stereocenters. The summed E-state index contributed by atoms with van der Waals surface area (Å²) in [5, 5.41) is 0. The van der Waals surface area contributed by atoms with Gasteiger partial charge in [0.1, 0.15) is 0 Å². The molecule has 1 aliphatic heterocycles. The monoisotopic (exact) mass is 415 g/mol. The van der Waals surface area contributed by atoms with Crippen molar-refractivity contribution in [3.8, 4) is 0 Å². The van der Waals surface area contributed by atoms with Gasteiger partial charge in [-0.15, -0.1) is 11.3 Å². The van der Waals surface area contributed by atoms with Crippen LogP contribution in [0.2, 0.25) is 0 Å². The molecule has 3 heterocycles. The van der Waals surface area contributed by atoms with Crippen molar-refractivity contribution in [3.05, 3.63) is 41.7 Å². The summed E-state index contributed by atoms with van der Waals surface area (Å²) in [5.74, 6) is 0.677. The van der Waals surface area contributed by atoms with Gasteiger partial charge in [-0.2, -0.15) is 0 Å². The van der Waals surface area contributed by atoms with E-state index in [1.165, 1.54) is 16.0 Å². The first-order valence-corrected chi connectivity index (χ1v) is 11.9. The van der Waals surface area contributed by atoms with Gasteiger partial charge in [0, 0.05) is 38.2 Å². The Kier molecular flexibility index (Phi) is 5.11. The summed E-state index contributed by atoms with van der Waals surface area (Å²) >= 11 is 1.67. The molecule has 1 saturated heterocycles. The summed E-state index contributed by atoms with van der Waals surface area (Å²) < 4.78 is 19.8. The minimum atomic E-state index is -2.39. The summed E-state index contributed by atoms with van der Waals surface area (Å²) in [7, 11) is -0.836. The molecule has 0 aliphatic carbocycles. The van der Waals surface area contributed by atoms with E-state index in [2.05, 4.69) is 53.9 Å². The van der Waals surface area contributed by atoms with Crippen LogP contribution < -0.4 is 4.90 Å². The molecule has 0 spiro atoms. The number of rotatable bonds is 3. The minimum absolute atomic E-state index is 0.569. The molecule has 3 aromatic rings. The quantitative estimate of drug-likeness (QED) is 0.615. The van der Waals surface area contributed by atoms with Crippen LogP contribution in [0.3, 0.4) is 0 Å². The van der Waals surface area contributed by atoms with Crippen LogP contribution in [0.25, 0.3) is 10.2 Å². The van der Waals surface area contributed by atoms with Crippen LogP contribution in [-0.4, -0.2) is 68.9 Å². The molecule has 2 aromatic heterocycles. The van der Waals surface area contributed by atoms with E-state index in [9.17, 15) is 4.21 Å². The van der Waals surface area contributed by atoms with Crippen molar-refractivity contribution in [1.82, 2.24) is 15.0 Å². The summed E-state index contributed by atoms with van der Waals surface area (Å²) in [6.07, 6.45) is 4.86. The highest BCUT2D eigenvalue weighted by molar-refractivity contribution is 7.93. The van der Waals surface area contributed by atoms with Gasteiger partial charge in [-0.25, -0.2) is 28.1 Å². The maximum Gasteiger partial charge on any atom is 0.225 e. The van der Waals surface area contributed by atoms with Gasteiger partial charge in [-0.3, -0.25) is 0 Å². The summed E-state index contributed by atoms with van der Waals surface area (Å²) in [5.41, 5.74) is 5.43. The van der Waals surface area contributed by atoms with E-state index in [1.54, 1.807) is 37.0 Å². The topological polar surface area (TPSA) is 74.3 Å². The molecule has 7 nitrogen and oxygen atoms in total. The Morgan fingerprint density at radius 2 is 1.93 bits per heavy atom. The molecule has 1 aliphatic rings. The van der Waals surface area contributed by atoms with Crippen LogP contribution in [0.5, 0.6) is 0 Å². The van der Waals surface area contributed by atoms with Gasteiger partial charge in [0.25, 0.3) is 0 Å². The third kappa shape index (κ3) is 3.64. The zero-order chi connectivity index (χ0) is 19.7. The average molecular weight is 416 g/mol. The number of anilines is 1. The third-order valence-corrected chi connectivity index (χ3v) is 7.78. The van der Waals surface area contributed by atoms with E-state index < -0.39 is 9.73 Å². The maximum absolute atomic E-state index is 12.3. The second kappa shape index (κ2) is 7.56. The number of hydrogen-bond acceptors (Lipinski definition) is 7. The van der Waals surface area contributed by atoms with E-state index in [4.69, 9.17) is 0 Å². The number of nitrogens with zero attached hydrogens (tertiary/aromatic N) is 6. The minimum Gasteiger partial charge on any atom is -0.328 e. The van der Waals surface area contributed by atoms with Crippen molar-refractivity contribution in [2.24, 2.45) is 4.36 Å². The Balaban J connectivity index is 1.49. The van der Waals surface area contributed by atoms with Gasteiger partial charge in [-0.05, 0) is 18.2 Å². The van der Waals surface area contributed by atoms with E-state index in [0.29, 0.717) is 10.8 Å². The summed E-state index contributed by atoms with van der Waals surface area (Å²) in [6.45, 7) is 5.66. The van der Waals surface area contributed by atoms with Gasteiger partial charge in [-0.1, -0.05) is 0 Å². The largest absolute Gasteiger partial charge is 0.328 e. The van der Waals surface area contributed by atoms with Crippen LogP contribution in [0, 0.1) is 0 Å². The van der Waals surface area contributed by atoms with Gasteiger partial charge in [0.05, 0.1) is 43.4 Å². The van der Waals surface area contributed by atoms with E-state index in [-0.39, 0.29) is 0 Å². The Morgan fingerprint density at radius 1 is 1.21 bits per heavy atom. The second-order valence-electron chi connectivity index (χ2n) is 6.80. The van der Waals surface area contributed by atoms with Crippen LogP contribution in [0.1, 0.15) is 12.5 Å². The predicted octanol–water partition coefficient (Wildman–Crippen LogP) is 2.51. The lowest BCUT2D eigenvalue weighted by Gasteiger charge is -2.26.